The molecule has 1 atom stereocenters. The molecule has 9 nitrogen and oxygen atoms in total. The molecule has 0 radical (unpaired) electrons. The molecule has 170 valence electrons. The second-order valence-corrected chi connectivity index (χ2v) is 7.79. The molecule has 2 amide bonds. The van der Waals surface area contributed by atoms with Crippen molar-refractivity contribution in [3.8, 4) is 0 Å². The van der Waals surface area contributed by atoms with Gasteiger partial charge in [0.15, 0.2) is 6.61 Å². The van der Waals surface area contributed by atoms with Gasteiger partial charge in [0.05, 0.1) is 15.5 Å². The van der Waals surface area contributed by atoms with Crippen molar-refractivity contribution >= 4 is 52.5 Å². The van der Waals surface area contributed by atoms with Crippen LogP contribution in [0.15, 0.2) is 42.5 Å². The zero-order valence-corrected chi connectivity index (χ0v) is 18.4. The number of carbonyl (C=O) groups is 3. The topological polar surface area (TPSA) is 128 Å². The number of nitro groups is 1. The van der Waals surface area contributed by atoms with Crippen molar-refractivity contribution in [3.63, 3.8) is 0 Å². The molecule has 0 aliphatic carbocycles. The quantitative estimate of drug-likeness (QED) is 0.301. The van der Waals surface area contributed by atoms with Crippen LogP contribution in [-0.2, 0) is 14.3 Å². The van der Waals surface area contributed by atoms with Gasteiger partial charge in [-0.2, -0.15) is 11.8 Å². The number of thioether (sulfide) groups is 1. The zero-order valence-electron chi connectivity index (χ0n) is 16.8. The smallest absolute Gasteiger partial charge is 0.329 e. The number of nitro benzene ring substituents is 1. The maximum absolute atomic E-state index is 13.2. The van der Waals surface area contributed by atoms with Crippen LogP contribution in [0, 0.1) is 15.9 Å². The van der Waals surface area contributed by atoms with Gasteiger partial charge in [-0.05, 0) is 42.7 Å². The Morgan fingerprint density at radius 3 is 2.62 bits per heavy atom. The van der Waals surface area contributed by atoms with Crippen LogP contribution in [0.1, 0.15) is 16.8 Å². The molecular formula is C20H19ClFN3O6S. The predicted octanol–water partition coefficient (Wildman–Crippen LogP) is 3.42. The van der Waals surface area contributed by atoms with Crippen molar-refractivity contribution in [3.05, 3.63) is 69.0 Å². The second-order valence-electron chi connectivity index (χ2n) is 6.40. The third kappa shape index (κ3) is 7.50. The average molecular weight is 484 g/mol. The van der Waals surface area contributed by atoms with E-state index in [0.717, 1.165) is 18.2 Å². The molecule has 0 spiro atoms. The van der Waals surface area contributed by atoms with Gasteiger partial charge in [-0.25, -0.2) is 9.18 Å². The summed E-state index contributed by atoms with van der Waals surface area (Å²) in [4.78, 5) is 47.1. The van der Waals surface area contributed by atoms with Gasteiger partial charge in [-0.3, -0.25) is 19.7 Å². The molecular weight excluding hydrogens is 465 g/mol. The largest absolute Gasteiger partial charge is 0.454 e. The van der Waals surface area contributed by atoms with Crippen molar-refractivity contribution < 1.29 is 28.4 Å². The predicted molar refractivity (Wildman–Crippen MR) is 118 cm³/mol. The summed E-state index contributed by atoms with van der Waals surface area (Å²) in [7, 11) is 0. The van der Waals surface area contributed by atoms with Crippen molar-refractivity contribution in [1.82, 2.24) is 5.32 Å². The molecule has 0 aliphatic heterocycles. The fraction of sp³-hybridized carbons (Fsp3) is 0.250. The third-order valence-electron chi connectivity index (χ3n) is 4.06. The molecule has 0 saturated carbocycles. The summed E-state index contributed by atoms with van der Waals surface area (Å²) in [5, 5.41) is 15.5. The van der Waals surface area contributed by atoms with E-state index < -0.39 is 41.2 Å². The molecule has 0 heterocycles. The fourth-order valence-corrected chi connectivity index (χ4v) is 3.25. The van der Waals surface area contributed by atoms with Gasteiger partial charge in [0.1, 0.15) is 11.9 Å². The van der Waals surface area contributed by atoms with E-state index in [1.807, 2.05) is 6.26 Å². The van der Waals surface area contributed by atoms with Gasteiger partial charge in [0.25, 0.3) is 17.5 Å². The molecule has 0 unspecified atom stereocenters. The first-order valence-corrected chi connectivity index (χ1v) is 10.9. The average Bonchev–Trinajstić information content (AvgIpc) is 2.74. The molecule has 0 aromatic heterocycles. The van der Waals surface area contributed by atoms with Gasteiger partial charge in [0.2, 0.25) is 0 Å². The molecule has 0 bridgehead atoms. The number of nitrogens with one attached hydrogen (secondary N) is 2. The fourth-order valence-electron chi connectivity index (χ4n) is 2.52. The molecule has 2 rings (SSSR count). The minimum atomic E-state index is -1.08. The van der Waals surface area contributed by atoms with Crippen molar-refractivity contribution in [2.24, 2.45) is 0 Å². The number of esters is 1. The molecule has 2 N–H and O–H groups in total. The van der Waals surface area contributed by atoms with Crippen LogP contribution in [0.4, 0.5) is 15.8 Å². The Morgan fingerprint density at radius 1 is 1.25 bits per heavy atom. The van der Waals surface area contributed by atoms with E-state index in [0.29, 0.717) is 5.75 Å². The number of anilines is 1. The summed E-state index contributed by atoms with van der Waals surface area (Å²) in [5.41, 5.74) is -0.136. The standard InChI is InChI=1S/C20H19ClFN3O6S/c1-32-8-7-17(24-19(27)15-6-5-14(25(29)30)10-16(15)21)20(28)31-11-18(26)23-13-4-2-3-12(22)9-13/h2-6,9-10,17H,7-8,11H2,1H3,(H,23,26)(H,24,27)/t17-/m0/s1. The van der Waals surface area contributed by atoms with E-state index >= 15 is 0 Å². The number of amides is 2. The number of nitrogens with zero attached hydrogens (tertiary/aromatic N) is 1. The normalized spacial score (nSPS) is 11.3. The first-order chi connectivity index (χ1) is 15.2. The number of hydrogen-bond acceptors (Lipinski definition) is 7. The molecule has 2 aromatic carbocycles. The zero-order chi connectivity index (χ0) is 23.7. The maximum Gasteiger partial charge on any atom is 0.329 e. The van der Waals surface area contributed by atoms with Gasteiger partial charge in [-0.15, -0.1) is 0 Å². The Balaban J connectivity index is 2.00. The summed E-state index contributed by atoms with van der Waals surface area (Å²) >= 11 is 7.39. The Kier molecular flexibility index (Phi) is 9.41. The summed E-state index contributed by atoms with van der Waals surface area (Å²) in [5.74, 6) is -2.29. The molecule has 2 aromatic rings. The molecule has 0 aliphatic rings. The summed E-state index contributed by atoms with van der Waals surface area (Å²) in [6.45, 7) is -0.640. The lowest BCUT2D eigenvalue weighted by Gasteiger charge is -2.17. The minimum absolute atomic E-state index is 0.0527. The number of non-ortho nitro benzene ring substituents is 1. The van der Waals surface area contributed by atoms with Crippen LogP contribution in [0.5, 0.6) is 0 Å². The summed E-state index contributed by atoms with van der Waals surface area (Å²) in [6.07, 6.45) is 2.02. The highest BCUT2D eigenvalue weighted by Gasteiger charge is 2.25. The van der Waals surface area contributed by atoms with Gasteiger partial charge < -0.3 is 15.4 Å². The van der Waals surface area contributed by atoms with Gasteiger partial charge in [0, 0.05) is 17.8 Å². The molecule has 0 saturated heterocycles. The Morgan fingerprint density at radius 2 is 2.00 bits per heavy atom. The number of benzene rings is 2. The van der Waals surface area contributed by atoms with Crippen LogP contribution in [0.3, 0.4) is 0 Å². The number of halogens is 2. The SMILES string of the molecule is CSCC[C@H](NC(=O)c1ccc([N+](=O)[O-])cc1Cl)C(=O)OCC(=O)Nc1cccc(F)c1. The number of carbonyl (C=O) groups excluding carboxylic acids is 3. The Bertz CT molecular complexity index is 1020. The van der Waals surface area contributed by atoms with E-state index in [1.54, 1.807) is 0 Å². The lowest BCUT2D eigenvalue weighted by atomic mass is 10.1. The van der Waals surface area contributed by atoms with Crippen molar-refractivity contribution in [1.29, 1.82) is 0 Å². The Hall–Kier alpha value is -3.18. The highest BCUT2D eigenvalue weighted by molar-refractivity contribution is 7.98. The summed E-state index contributed by atoms with van der Waals surface area (Å²) < 4.78 is 18.2. The lowest BCUT2D eigenvalue weighted by Crippen LogP contribution is -2.43. The van der Waals surface area contributed by atoms with Crippen LogP contribution < -0.4 is 10.6 Å². The van der Waals surface area contributed by atoms with Crippen LogP contribution in [0.2, 0.25) is 5.02 Å². The minimum Gasteiger partial charge on any atom is -0.454 e. The lowest BCUT2D eigenvalue weighted by molar-refractivity contribution is -0.384. The third-order valence-corrected chi connectivity index (χ3v) is 5.02. The second kappa shape index (κ2) is 12.0. The van der Waals surface area contributed by atoms with Crippen LogP contribution in [-0.4, -0.2) is 47.4 Å². The molecule has 12 heteroatoms. The van der Waals surface area contributed by atoms with Crippen LogP contribution >= 0.6 is 23.4 Å². The van der Waals surface area contributed by atoms with Crippen molar-refractivity contribution in [2.75, 3.05) is 23.9 Å². The van der Waals surface area contributed by atoms with E-state index in [2.05, 4.69) is 10.6 Å². The van der Waals surface area contributed by atoms with E-state index in [-0.39, 0.29) is 28.4 Å². The summed E-state index contributed by atoms with van der Waals surface area (Å²) in [6, 6.07) is 7.45. The van der Waals surface area contributed by atoms with E-state index in [9.17, 15) is 28.9 Å². The van der Waals surface area contributed by atoms with Crippen molar-refractivity contribution in [2.45, 2.75) is 12.5 Å². The monoisotopic (exact) mass is 483 g/mol. The highest BCUT2D eigenvalue weighted by Crippen LogP contribution is 2.22. The van der Waals surface area contributed by atoms with Gasteiger partial charge in [-0.1, -0.05) is 17.7 Å². The Labute approximate surface area is 191 Å². The first-order valence-electron chi connectivity index (χ1n) is 9.17. The van der Waals surface area contributed by atoms with E-state index in [4.69, 9.17) is 16.3 Å². The maximum atomic E-state index is 13.2. The number of rotatable bonds is 10. The molecule has 32 heavy (non-hydrogen) atoms. The molecule has 0 fully saturated rings. The highest BCUT2D eigenvalue weighted by atomic mass is 35.5. The van der Waals surface area contributed by atoms with Crippen LogP contribution in [0.25, 0.3) is 0 Å². The van der Waals surface area contributed by atoms with E-state index in [1.165, 1.54) is 36.0 Å². The number of hydrogen-bond donors (Lipinski definition) is 2. The number of ether oxygens (including phenoxy) is 1. The first kappa shape index (κ1) is 25.1. The van der Waals surface area contributed by atoms with Gasteiger partial charge >= 0.3 is 5.97 Å².